The highest BCUT2D eigenvalue weighted by atomic mass is 35.5. The van der Waals surface area contributed by atoms with E-state index in [0.29, 0.717) is 11.4 Å². The van der Waals surface area contributed by atoms with Crippen LogP contribution in [0.5, 0.6) is 5.75 Å². The van der Waals surface area contributed by atoms with Crippen molar-refractivity contribution in [3.8, 4) is 17.0 Å². The van der Waals surface area contributed by atoms with Crippen LogP contribution in [0.25, 0.3) is 16.9 Å². The van der Waals surface area contributed by atoms with Crippen molar-refractivity contribution in [2.24, 2.45) is 0 Å². The number of hydrogen-bond donors (Lipinski definition) is 1. The number of fused-ring (bicyclic) bond motifs is 1. The Morgan fingerprint density at radius 3 is 2.59 bits per heavy atom. The molecular weight excluding hydrogens is 300 g/mol. The molecule has 0 saturated heterocycles. The van der Waals surface area contributed by atoms with Gasteiger partial charge in [-0.1, -0.05) is 18.5 Å². The molecule has 22 heavy (non-hydrogen) atoms. The molecule has 0 aliphatic rings. The predicted molar refractivity (Wildman–Crippen MR) is 87.4 cm³/mol. The fourth-order valence-electron chi connectivity index (χ4n) is 2.51. The molecule has 4 nitrogen and oxygen atoms in total. The molecule has 0 bridgehead atoms. The molecule has 3 aromatic rings. The maximum atomic E-state index is 10.4. The minimum Gasteiger partial charge on any atom is -0.497 e. The van der Waals surface area contributed by atoms with Crippen molar-refractivity contribution >= 4 is 17.2 Å². The zero-order chi connectivity index (χ0) is 15.7. The lowest BCUT2D eigenvalue weighted by molar-refractivity contribution is 0.168. The van der Waals surface area contributed by atoms with E-state index < -0.39 is 6.10 Å². The van der Waals surface area contributed by atoms with Gasteiger partial charge in [0.15, 0.2) is 0 Å². The first kappa shape index (κ1) is 14.9. The maximum Gasteiger partial charge on any atom is 0.137 e. The molecule has 5 heteroatoms. The molecule has 1 N–H and O–H groups in total. The summed E-state index contributed by atoms with van der Waals surface area (Å²) in [6.45, 7) is 1.94. The van der Waals surface area contributed by atoms with E-state index in [1.807, 2.05) is 41.7 Å². The Hall–Kier alpha value is -2.04. The number of aromatic nitrogens is 2. The van der Waals surface area contributed by atoms with Gasteiger partial charge in [0.25, 0.3) is 0 Å². The first-order valence-electron chi connectivity index (χ1n) is 7.14. The highest BCUT2D eigenvalue weighted by Gasteiger charge is 2.19. The Bertz CT molecular complexity index is 796. The van der Waals surface area contributed by atoms with Crippen molar-refractivity contribution in [3.05, 3.63) is 53.3 Å². The lowest BCUT2D eigenvalue weighted by Crippen LogP contribution is -2.02. The number of pyridine rings is 1. The molecule has 0 fully saturated rings. The molecule has 3 rings (SSSR count). The van der Waals surface area contributed by atoms with Crippen molar-refractivity contribution in [3.63, 3.8) is 0 Å². The van der Waals surface area contributed by atoms with E-state index in [1.165, 1.54) is 0 Å². The minimum atomic E-state index is -0.606. The van der Waals surface area contributed by atoms with Gasteiger partial charge in [0, 0.05) is 11.8 Å². The SMILES string of the molecule is CCC(O)c1c(-c2ccc(OC)cc2)nc2ccc(Cl)cn12. The van der Waals surface area contributed by atoms with Crippen LogP contribution in [0.4, 0.5) is 0 Å². The Kier molecular flexibility index (Phi) is 4.05. The van der Waals surface area contributed by atoms with Gasteiger partial charge >= 0.3 is 0 Å². The number of hydrogen-bond acceptors (Lipinski definition) is 3. The summed E-state index contributed by atoms with van der Waals surface area (Å²) in [5, 5.41) is 11.0. The minimum absolute atomic E-state index is 0.601. The number of rotatable bonds is 4. The Morgan fingerprint density at radius 1 is 1.23 bits per heavy atom. The van der Waals surface area contributed by atoms with Crippen LogP contribution in [0.3, 0.4) is 0 Å². The topological polar surface area (TPSA) is 46.8 Å². The summed E-state index contributed by atoms with van der Waals surface area (Å²) in [6.07, 6.45) is 1.78. The average molecular weight is 317 g/mol. The van der Waals surface area contributed by atoms with E-state index in [-0.39, 0.29) is 0 Å². The second kappa shape index (κ2) is 5.99. The van der Waals surface area contributed by atoms with Gasteiger partial charge in [-0.15, -0.1) is 0 Å². The van der Waals surface area contributed by atoms with E-state index >= 15 is 0 Å². The van der Waals surface area contributed by atoms with E-state index in [9.17, 15) is 5.11 Å². The number of benzene rings is 1. The Balaban J connectivity index is 2.22. The summed E-state index contributed by atoms with van der Waals surface area (Å²) < 4.78 is 7.04. The van der Waals surface area contributed by atoms with Crippen molar-refractivity contribution in [1.29, 1.82) is 0 Å². The molecule has 1 aromatic carbocycles. The van der Waals surface area contributed by atoms with Crippen molar-refractivity contribution < 1.29 is 9.84 Å². The molecule has 2 heterocycles. The van der Waals surface area contributed by atoms with Crippen molar-refractivity contribution in [1.82, 2.24) is 9.38 Å². The van der Waals surface area contributed by atoms with Gasteiger partial charge in [-0.25, -0.2) is 4.98 Å². The highest BCUT2D eigenvalue weighted by Crippen LogP contribution is 2.32. The van der Waals surface area contributed by atoms with Crippen LogP contribution >= 0.6 is 11.6 Å². The quantitative estimate of drug-likeness (QED) is 0.788. The third-order valence-electron chi connectivity index (χ3n) is 3.69. The van der Waals surface area contributed by atoms with Gasteiger partial charge in [0.2, 0.25) is 0 Å². The molecule has 0 saturated carbocycles. The van der Waals surface area contributed by atoms with Crippen LogP contribution < -0.4 is 4.74 Å². The standard InChI is InChI=1S/C17H17ClN2O2/c1-3-14(21)17-16(11-4-7-13(22-2)8-5-11)19-15-9-6-12(18)10-20(15)17/h4-10,14,21H,3H2,1-2H3. The van der Waals surface area contributed by atoms with Crippen LogP contribution in [0.1, 0.15) is 25.1 Å². The van der Waals surface area contributed by atoms with E-state index in [1.54, 1.807) is 19.4 Å². The zero-order valence-corrected chi connectivity index (χ0v) is 13.2. The van der Waals surface area contributed by atoms with Gasteiger partial charge in [0.05, 0.1) is 29.6 Å². The molecule has 1 atom stereocenters. The Labute approximate surface area is 133 Å². The van der Waals surface area contributed by atoms with E-state index in [0.717, 1.165) is 28.3 Å². The number of halogens is 1. The van der Waals surface area contributed by atoms with E-state index in [4.69, 9.17) is 16.3 Å². The number of methoxy groups -OCH3 is 1. The van der Waals surface area contributed by atoms with Crippen molar-refractivity contribution in [2.75, 3.05) is 7.11 Å². The third kappa shape index (κ3) is 2.56. The van der Waals surface area contributed by atoms with Gasteiger partial charge in [-0.2, -0.15) is 0 Å². The summed E-state index contributed by atoms with van der Waals surface area (Å²) in [5.74, 6) is 0.785. The van der Waals surface area contributed by atoms with Crippen molar-refractivity contribution in [2.45, 2.75) is 19.4 Å². The summed E-state index contributed by atoms with van der Waals surface area (Å²) in [6, 6.07) is 11.3. The summed E-state index contributed by atoms with van der Waals surface area (Å²) in [7, 11) is 1.63. The van der Waals surface area contributed by atoms with E-state index in [2.05, 4.69) is 4.98 Å². The number of aliphatic hydroxyl groups is 1. The summed E-state index contributed by atoms with van der Waals surface area (Å²) in [4.78, 5) is 4.65. The van der Waals surface area contributed by atoms with Gasteiger partial charge < -0.3 is 9.84 Å². The first-order valence-corrected chi connectivity index (χ1v) is 7.51. The molecule has 0 spiro atoms. The number of imidazole rings is 1. The third-order valence-corrected chi connectivity index (χ3v) is 3.91. The molecule has 114 valence electrons. The van der Waals surface area contributed by atoms with Crippen LogP contribution in [0, 0.1) is 0 Å². The molecular formula is C17H17ClN2O2. The van der Waals surface area contributed by atoms with Crippen LogP contribution in [0.15, 0.2) is 42.6 Å². The number of nitrogens with zero attached hydrogens (tertiary/aromatic N) is 2. The fourth-order valence-corrected chi connectivity index (χ4v) is 2.67. The zero-order valence-electron chi connectivity index (χ0n) is 12.5. The van der Waals surface area contributed by atoms with Crippen LogP contribution in [-0.4, -0.2) is 21.6 Å². The van der Waals surface area contributed by atoms with Crippen LogP contribution in [-0.2, 0) is 0 Å². The fraction of sp³-hybridized carbons (Fsp3) is 0.235. The highest BCUT2D eigenvalue weighted by molar-refractivity contribution is 6.30. The molecule has 2 aromatic heterocycles. The van der Waals surface area contributed by atoms with Crippen LogP contribution in [0.2, 0.25) is 5.02 Å². The molecule has 0 radical (unpaired) electrons. The second-order valence-corrected chi connectivity index (χ2v) is 5.51. The monoisotopic (exact) mass is 316 g/mol. The lowest BCUT2D eigenvalue weighted by atomic mass is 10.1. The lowest BCUT2D eigenvalue weighted by Gasteiger charge is -2.11. The largest absolute Gasteiger partial charge is 0.497 e. The molecule has 0 amide bonds. The summed E-state index contributed by atoms with van der Waals surface area (Å²) >= 11 is 6.09. The van der Waals surface area contributed by atoms with Gasteiger partial charge in [0.1, 0.15) is 11.4 Å². The number of ether oxygens (including phenoxy) is 1. The van der Waals surface area contributed by atoms with Gasteiger partial charge in [-0.3, -0.25) is 4.40 Å². The molecule has 0 aliphatic carbocycles. The molecule has 1 unspecified atom stereocenters. The number of aliphatic hydroxyl groups excluding tert-OH is 1. The smallest absolute Gasteiger partial charge is 0.137 e. The summed E-state index contributed by atoms with van der Waals surface area (Å²) in [5.41, 5.74) is 3.21. The second-order valence-electron chi connectivity index (χ2n) is 5.07. The average Bonchev–Trinajstić information content (AvgIpc) is 2.92. The Morgan fingerprint density at radius 2 is 1.95 bits per heavy atom. The predicted octanol–water partition coefficient (Wildman–Crippen LogP) is 4.11. The molecule has 0 aliphatic heterocycles. The first-order chi connectivity index (χ1) is 10.6. The van der Waals surface area contributed by atoms with Gasteiger partial charge in [-0.05, 0) is 42.8 Å². The maximum absolute atomic E-state index is 10.4. The normalized spacial score (nSPS) is 12.5.